The van der Waals surface area contributed by atoms with Crippen LogP contribution in [0, 0.1) is 6.92 Å². The van der Waals surface area contributed by atoms with Crippen LogP contribution in [0.1, 0.15) is 48.5 Å². The van der Waals surface area contributed by atoms with Crippen molar-refractivity contribution in [2.24, 2.45) is 0 Å². The molecule has 0 unspecified atom stereocenters. The first-order valence-electron chi connectivity index (χ1n) is 6.89. The van der Waals surface area contributed by atoms with Crippen LogP contribution in [0.4, 0.5) is 10.5 Å². The van der Waals surface area contributed by atoms with Gasteiger partial charge in [0.15, 0.2) is 0 Å². The highest BCUT2D eigenvalue weighted by Gasteiger charge is 2.36. The zero-order valence-electron chi connectivity index (χ0n) is 11.8. The highest BCUT2D eigenvalue weighted by atomic mass is 16.4. The summed E-state index contributed by atoms with van der Waals surface area (Å²) in [5.41, 5.74) is 1.46. The normalized spacial score (nSPS) is 16.1. The first kappa shape index (κ1) is 14.4. The van der Waals surface area contributed by atoms with Crippen LogP contribution in [0.3, 0.4) is 0 Å². The molecular formula is C15H20N2O3. The maximum absolute atomic E-state index is 12.0. The van der Waals surface area contributed by atoms with Crippen molar-refractivity contribution in [3.8, 4) is 0 Å². The van der Waals surface area contributed by atoms with Crippen LogP contribution >= 0.6 is 0 Å². The minimum atomic E-state index is -1.00. The van der Waals surface area contributed by atoms with Crippen LogP contribution < -0.4 is 10.6 Å². The average molecular weight is 276 g/mol. The topological polar surface area (TPSA) is 78.4 Å². The average Bonchev–Trinajstić information content (AvgIpc) is 2.36. The zero-order chi connectivity index (χ0) is 14.8. The van der Waals surface area contributed by atoms with Crippen molar-refractivity contribution in [2.75, 3.05) is 5.32 Å². The molecular weight excluding hydrogens is 256 g/mol. The van der Waals surface area contributed by atoms with E-state index >= 15 is 0 Å². The molecule has 1 aromatic carbocycles. The van der Waals surface area contributed by atoms with Crippen LogP contribution in [0.5, 0.6) is 0 Å². The van der Waals surface area contributed by atoms with E-state index in [-0.39, 0.29) is 17.1 Å². The van der Waals surface area contributed by atoms with Gasteiger partial charge in [-0.25, -0.2) is 9.59 Å². The van der Waals surface area contributed by atoms with E-state index in [1.807, 2.05) is 6.92 Å². The first-order chi connectivity index (χ1) is 9.46. The second kappa shape index (κ2) is 5.53. The van der Waals surface area contributed by atoms with E-state index in [1.165, 1.54) is 12.1 Å². The maximum Gasteiger partial charge on any atom is 0.335 e. The number of nitrogens with one attached hydrogen (secondary N) is 2. The molecule has 0 aliphatic heterocycles. The molecule has 0 radical (unpaired) electrons. The number of hydrogen-bond donors (Lipinski definition) is 3. The molecule has 0 spiro atoms. The summed E-state index contributed by atoms with van der Waals surface area (Å²) in [5, 5.41) is 14.7. The van der Waals surface area contributed by atoms with Gasteiger partial charge in [0, 0.05) is 11.2 Å². The van der Waals surface area contributed by atoms with E-state index in [9.17, 15) is 9.59 Å². The molecule has 20 heavy (non-hydrogen) atoms. The molecule has 0 heterocycles. The molecule has 0 bridgehead atoms. The summed E-state index contributed by atoms with van der Waals surface area (Å²) in [6, 6.07) is 4.44. The van der Waals surface area contributed by atoms with Crippen LogP contribution in [0.25, 0.3) is 0 Å². The van der Waals surface area contributed by atoms with Gasteiger partial charge in [-0.2, -0.15) is 0 Å². The number of carbonyl (C=O) groups is 2. The highest BCUT2D eigenvalue weighted by molar-refractivity contribution is 5.94. The van der Waals surface area contributed by atoms with Gasteiger partial charge in [0.1, 0.15) is 0 Å². The van der Waals surface area contributed by atoms with Gasteiger partial charge in [0.2, 0.25) is 0 Å². The molecule has 5 nitrogen and oxygen atoms in total. The van der Waals surface area contributed by atoms with E-state index in [4.69, 9.17) is 5.11 Å². The van der Waals surface area contributed by atoms with Crippen molar-refractivity contribution in [1.82, 2.24) is 5.32 Å². The van der Waals surface area contributed by atoms with Crippen molar-refractivity contribution < 1.29 is 14.7 Å². The van der Waals surface area contributed by atoms with Gasteiger partial charge in [-0.15, -0.1) is 0 Å². The Balaban J connectivity index is 2.07. The quantitative estimate of drug-likeness (QED) is 0.790. The minimum Gasteiger partial charge on any atom is -0.478 e. The Morgan fingerprint density at radius 3 is 2.55 bits per heavy atom. The number of carboxylic acids is 1. The lowest BCUT2D eigenvalue weighted by atomic mass is 9.75. The third-order valence-electron chi connectivity index (χ3n) is 4.10. The standard InChI is InChI=1S/C15H20N2O3/c1-3-15(7-4-8-15)17-14(20)16-12-9-11(13(18)19)6-5-10(12)2/h5-6,9H,3-4,7-8H2,1-2H3,(H,18,19)(H2,16,17,20). The second-order valence-corrected chi connectivity index (χ2v) is 5.40. The van der Waals surface area contributed by atoms with Gasteiger partial charge in [0.05, 0.1) is 5.56 Å². The molecule has 2 amide bonds. The third kappa shape index (κ3) is 2.92. The number of carbonyl (C=O) groups excluding carboxylic acids is 1. The molecule has 2 rings (SSSR count). The van der Waals surface area contributed by atoms with Crippen molar-refractivity contribution in [2.45, 2.75) is 45.1 Å². The second-order valence-electron chi connectivity index (χ2n) is 5.40. The summed E-state index contributed by atoms with van der Waals surface area (Å²) >= 11 is 0. The van der Waals surface area contributed by atoms with Crippen LogP contribution in [0.15, 0.2) is 18.2 Å². The molecule has 0 saturated heterocycles. The molecule has 1 aliphatic rings. The highest BCUT2D eigenvalue weighted by Crippen LogP contribution is 2.34. The molecule has 0 aromatic heterocycles. The fourth-order valence-corrected chi connectivity index (χ4v) is 2.45. The zero-order valence-corrected chi connectivity index (χ0v) is 11.8. The number of rotatable bonds is 4. The van der Waals surface area contributed by atoms with Crippen molar-refractivity contribution in [3.05, 3.63) is 29.3 Å². The lowest BCUT2D eigenvalue weighted by molar-refractivity contribution is 0.0697. The predicted molar refractivity (Wildman–Crippen MR) is 77.2 cm³/mol. The molecule has 1 fully saturated rings. The molecule has 1 aromatic rings. The van der Waals surface area contributed by atoms with Crippen LogP contribution in [-0.2, 0) is 0 Å². The molecule has 3 N–H and O–H groups in total. The number of aromatic carboxylic acids is 1. The van der Waals surface area contributed by atoms with Gasteiger partial charge < -0.3 is 15.7 Å². The van der Waals surface area contributed by atoms with Crippen molar-refractivity contribution >= 4 is 17.7 Å². The summed E-state index contributed by atoms with van der Waals surface area (Å²) in [4.78, 5) is 23.0. The summed E-state index contributed by atoms with van der Waals surface area (Å²) in [5.74, 6) is -1.00. The van der Waals surface area contributed by atoms with Crippen LogP contribution in [0.2, 0.25) is 0 Å². The van der Waals surface area contributed by atoms with Gasteiger partial charge in [-0.3, -0.25) is 0 Å². The van der Waals surface area contributed by atoms with E-state index in [1.54, 1.807) is 6.07 Å². The fourth-order valence-electron chi connectivity index (χ4n) is 2.45. The largest absolute Gasteiger partial charge is 0.478 e. The van der Waals surface area contributed by atoms with E-state index < -0.39 is 5.97 Å². The Hall–Kier alpha value is -2.04. The summed E-state index contributed by atoms with van der Waals surface area (Å²) in [6.07, 6.45) is 4.06. The fraction of sp³-hybridized carbons (Fsp3) is 0.467. The SMILES string of the molecule is CCC1(NC(=O)Nc2cc(C(=O)O)ccc2C)CCC1. The predicted octanol–water partition coefficient (Wildman–Crippen LogP) is 3.15. The smallest absolute Gasteiger partial charge is 0.335 e. The summed E-state index contributed by atoms with van der Waals surface area (Å²) < 4.78 is 0. The Bertz CT molecular complexity index is 530. The van der Waals surface area contributed by atoms with E-state index in [2.05, 4.69) is 17.6 Å². The Morgan fingerprint density at radius 1 is 1.35 bits per heavy atom. The van der Waals surface area contributed by atoms with Crippen LogP contribution in [-0.4, -0.2) is 22.6 Å². The Morgan fingerprint density at radius 2 is 2.05 bits per heavy atom. The van der Waals surface area contributed by atoms with E-state index in [0.717, 1.165) is 31.2 Å². The number of benzene rings is 1. The van der Waals surface area contributed by atoms with Gasteiger partial charge in [0.25, 0.3) is 0 Å². The number of hydrogen-bond acceptors (Lipinski definition) is 2. The molecule has 5 heteroatoms. The van der Waals surface area contributed by atoms with Gasteiger partial charge in [-0.1, -0.05) is 13.0 Å². The lowest BCUT2D eigenvalue weighted by Gasteiger charge is -2.41. The maximum atomic E-state index is 12.0. The minimum absolute atomic E-state index is 0.0810. The molecule has 108 valence electrons. The first-order valence-corrected chi connectivity index (χ1v) is 6.89. The Kier molecular flexibility index (Phi) is 3.97. The lowest BCUT2D eigenvalue weighted by Crippen LogP contribution is -2.54. The van der Waals surface area contributed by atoms with Crippen molar-refractivity contribution in [1.29, 1.82) is 0 Å². The van der Waals surface area contributed by atoms with Gasteiger partial charge >= 0.3 is 12.0 Å². The summed E-state index contributed by atoms with van der Waals surface area (Å²) in [7, 11) is 0. The number of anilines is 1. The number of carboxylic acid groups (broad SMARTS) is 1. The monoisotopic (exact) mass is 276 g/mol. The number of amides is 2. The number of urea groups is 1. The summed E-state index contributed by atoms with van der Waals surface area (Å²) in [6.45, 7) is 3.90. The molecule has 1 saturated carbocycles. The van der Waals surface area contributed by atoms with Gasteiger partial charge in [-0.05, 0) is 50.3 Å². The third-order valence-corrected chi connectivity index (χ3v) is 4.10. The molecule has 1 aliphatic carbocycles. The number of aryl methyl sites for hydroxylation is 1. The Labute approximate surface area is 118 Å². The molecule has 0 atom stereocenters. The van der Waals surface area contributed by atoms with Crippen molar-refractivity contribution in [3.63, 3.8) is 0 Å². The van der Waals surface area contributed by atoms with E-state index in [0.29, 0.717) is 5.69 Å².